The van der Waals surface area contributed by atoms with Gasteiger partial charge in [-0.2, -0.15) is 0 Å². The fourth-order valence-corrected chi connectivity index (χ4v) is 3.50. The Bertz CT molecular complexity index is 348. The number of nitrogens with two attached hydrogens (primary N) is 1. The van der Waals surface area contributed by atoms with Gasteiger partial charge in [-0.1, -0.05) is 44.3 Å². The lowest BCUT2D eigenvalue weighted by Crippen LogP contribution is -2.40. The molecule has 1 saturated carbocycles. The molecule has 100 valence electrons. The van der Waals surface area contributed by atoms with Crippen molar-refractivity contribution in [1.82, 2.24) is 4.72 Å². The van der Waals surface area contributed by atoms with Gasteiger partial charge >= 0.3 is 0 Å². The van der Waals surface area contributed by atoms with Gasteiger partial charge in [0.25, 0.3) is 0 Å². The molecule has 0 aromatic heterocycles. The van der Waals surface area contributed by atoms with E-state index in [-0.39, 0.29) is 4.99 Å². The van der Waals surface area contributed by atoms with Crippen molar-refractivity contribution >= 4 is 27.2 Å². The van der Waals surface area contributed by atoms with Gasteiger partial charge in [0, 0.05) is 6.54 Å². The number of sulfonamides is 1. The van der Waals surface area contributed by atoms with E-state index in [0.717, 1.165) is 6.42 Å². The van der Waals surface area contributed by atoms with Gasteiger partial charge in [0.15, 0.2) is 0 Å². The second-order valence-electron chi connectivity index (χ2n) is 4.78. The molecule has 1 atom stereocenters. The van der Waals surface area contributed by atoms with Crippen LogP contribution in [0.4, 0.5) is 0 Å². The van der Waals surface area contributed by atoms with Gasteiger partial charge in [-0.3, -0.25) is 0 Å². The van der Waals surface area contributed by atoms with Gasteiger partial charge in [-0.25, -0.2) is 13.1 Å². The predicted molar refractivity (Wildman–Crippen MR) is 74.4 cm³/mol. The van der Waals surface area contributed by atoms with E-state index in [9.17, 15) is 8.42 Å². The highest BCUT2D eigenvalue weighted by Gasteiger charge is 2.23. The van der Waals surface area contributed by atoms with Crippen molar-refractivity contribution in [1.29, 1.82) is 0 Å². The van der Waals surface area contributed by atoms with Crippen LogP contribution in [-0.4, -0.2) is 25.2 Å². The molecule has 1 aliphatic carbocycles. The molecule has 0 bridgehead atoms. The Morgan fingerprint density at radius 1 is 1.41 bits per heavy atom. The monoisotopic (exact) mass is 278 g/mol. The summed E-state index contributed by atoms with van der Waals surface area (Å²) >= 11 is 4.70. The van der Waals surface area contributed by atoms with Crippen molar-refractivity contribution in [2.75, 3.05) is 6.54 Å². The maximum atomic E-state index is 11.7. The summed E-state index contributed by atoms with van der Waals surface area (Å²) in [4.78, 5) is 0.0233. The first-order valence-electron chi connectivity index (χ1n) is 6.21. The Morgan fingerprint density at radius 3 is 2.53 bits per heavy atom. The molecular formula is C11H22N2O2S2. The maximum Gasteiger partial charge on any atom is 0.220 e. The Labute approximate surface area is 109 Å². The summed E-state index contributed by atoms with van der Waals surface area (Å²) in [6, 6.07) is 0. The number of hydrogen-bond donors (Lipinski definition) is 2. The number of thiocarbonyl (C=S) groups is 1. The summed E-state index contributed by atoms with van der Waals surface area (Å²) in [6.45, 7) is 2.02. The lowest BCUT2D eigenvalue weighted by atomic mass is 9.87. The molecule has 1 unspecified atom stereocenters. The lowest BCUT2D eigenvalue weighted by molar-refractivity contribution is 0.339. The Balaban J connectivity index is 2.32. The van der Waals surface area contributed by atoms with Crippen molar-refractivity contribution in [3.05, 3.63) is 0 Å². The van der Waals surface area contributed by atoms with Crippen LogP contribution < -0.4 is 10.5 Å². The molecule has 0 aromatic carbocycles. The lowest BCUT2D eigenvalue weighted by Gasteiger charge is -2.21. The van der Waals surface area contributed by atoms with Gasteiger partial charge in [-0.05, 0) is 19.3 Å². The number of nitrogens with one attached hydrogen (secondary N) is 1. The van der Waals surface area contributed by atoms with Gasteiger partial charge < -0.3 is 5.73 Å². The molecule has 0 heterocycles. The third kappa shape index (κ3) is 4.89. The van der Waals surface area contributed by atoms with E-state index < -0.39 is 15.3 Å². The molecule has 4 nitrogen and oxygen atoms in total. The van der Waals surface area contributed by atoms with Crippen LogP contribution in [0, 0.1) is 5.92 Å². The second kappa shape index (κ2) is 6.66. The van der Waals surface area contributed by atoms with E-state index in [1.165, 1.54) is 39.0 Å². The SMILES string of the molecule is CC(C(N)=S)S(=O)(=O)NCCC1CCCCC1. The minimum atomic E-state index is -3.38. The van der Waals surface area contributed by atoms with Crippen LogP contribution in [0.3, 0.4) is 0 Å². The molecular weight excluding hydrogens is 256 g/mol. The molecule has 6 heteroatoms. The minimum absolute atomic E-state index is 0.0233. The first kappa shape index (κ1) is 14.9. The number of rotatable bonds is 6. The maximum absolute atomic E-state index is 11.7. The van der Waals surface area contributed by atoms with Crippen LogP contribution in [0.5, 0.6) is 0 Å². The Kier molecular flexibility index (Phi) is 5.82. The van der Waals surface area contributed by atoms with Crippen molar-refractivity contribution in [3.63, 3.8) is 0 Å². The zero-order valence-electron chi connectivity index (χ0n) is 10.3. The highest BCUT2D eigenvalue weighted by atomic mass is 32.2. The summed E-state index contributed by atoms with van der Waals surface area (Å²) in [7, 11) is -3.38. The van der Waals surface area contributed by atoms with Gasteiger partial charge in [0.2, 0.25) is 10.0 Å². The van der Waals surface area contributed by atoms with E-state index >= 15 is 0 Å². The molecule has 0 aromatic rings. The first-order valence-corrected chi connectivity index (χ1v) is 8.16. The Hall–Kier alpha value is -0.200. The summed E-state index contributed by atoms with van der Waals surface area (Å²) in [5.74, 6) is 0.673. The van der Waals surface area contributed by atoms with Crippen LogP contribution in [0.25, 0.3) is 0 Å². The molecule has 3 N–H and O–H groups in total. The molecule has 1 aliphatic rings. The molecule has 0 saturated heterocycles. The van der Waals surface area contributed by atoms with E-state index in [4.69, 9.17) is 18.0 Å². The standard InChI is InChI=1S/C11H22N2O2S2/c1-9(11(12)16)17(14,15)13-8-7-10-5-3-2-4-6-10/h9-10,13H,2-8H2,1H3,(H2,12,16). The fourth-order valence-electron chi connectivity index (χ4n) is 2.16. The zero-order chi connectivity index (χ0) is 12.9. The average Bonchev–Trinajstić information content (AvgIpc) is 2.29. The molecule has 0 aliphatic heterocycles. The van der Waals surface area contributed by atoms with Crippen LogP contribution in [0.15, 0.2) is 0 Å². The molecule has 17 heavy (non-hydrogen) atoms. The molecule has 0 radical (unpaired) electrons. The van der Waals surface area contributed by atoms with Crippen LogP contribution in [0.2, 0.25) is 0 Å². The van der Waals surface area contributed by atoms with E-state index in [0.29, 0.717) is 12.5 Å². The summed E-state index contributed by atoms with van der Waals surface area (Å²) in [5.41, 5.74) is 5.35. The van der Waals surface area contributed by atoms with Crippen LogP contribution >= 0.6 is 12.2 Å². The quantitative estimate of drug-likeness (QED) is 0.723. The van der Waals surface area contributed by atoms with Crippen molar-refractivity contribution in [3.8, 4) is 0 Å². The predicted octanol–water partition coefficient (Wildman–Crippen LogP) is 1.55. The average molecular weight is 278 g/mol. The largest absolute Gasteiger partial charge is 0.392 e. The second-order valence-corrected chi connectivity index (χ2v) is 7.33. The van der Waals surface area contributed by atoms with Crippen molar-refractivity contribution in [2.45, 2.75) is 50.7 Å². The Morgan fingerprint density at radius 2 is 2.00 bits per heavy atom. The highest BCUT2D eigenvalue weighted by molar-refractivity contribution is 7.93. The van der Waals surface area contributed by atoms with Gasteiger partial charge in [-0.15, -0.1) is 0 Å². The summed E-state index contributed by atoms with van der Waals surface area (Å²) in [6.07, 6.45) is 7.25. The fraction of sp³-hybridized carbons (Fsp3) is 0.909. The van der Waals surface area contributed by atoms with Crippen LogP contribution in [-0.2, 0) is 10.0 Å². The van der Waals surface area contributed by atoms with E-state index in [1.807, 2.05) is 0 Å². The van der Waals surface area contributed by atoms with Crippen LogP contribution in [0.1, 0.15) is 45.4 Å². The molecule has 0 spiro atoms. The summed E-state index contributed by atoms with van der Waals surface area (Å²) in [5, 5.41) is -0.788. The normalized spacial score (nSPS) is 20.1. The topological polar surface area (TPSA) is 72.2 Å². The van der Waals surface area contributed by atoms with Gasteiger partial charge in [0.1, 0.15) is 5.25 Å². The first-order chi connectivity index (χ1) is 7.93. The van der Waals surface area contributed by atoms with Crippen molar-refractivity contribution in [2.24, 2.45) is 11.7 Å². The zero-order valence-corrected chi connectivity index (χ0v) is 11.9. The van der Waals surface area contributed by atoms with E-state index in [2.05, 4.69) is 4.72 Å². The highest BCUT2D eigenvalue weighted by Crippen LogP contribution is 2.25. The molecule has 1 fully saturated rings. The third-order valence-electron chi connectivity index (χ3n) is 3.45. The molecule has 0 amide bonds. The third-order valence-corrected chi connectivity index (χ3v) is 5.74. The number of hydrogen-bond acceptors (Lipinski definition) is 3. The molecule has 1 rings (SSSR count). The van der Waals surface area contributed by atoms with E-state index in [1.54, 1.807) is 0 Å². The van der Waals surface area contributed by atoms with Crippen molar-refractivity contribution < 1.29 is 8.42 Å². The minimum Gasteiger partial charge on any atom is -0.392 e. The smallest absolute Gasteiger partial charge is 0.220 e. The summed E-state index contributed by atoms with van der Waals surface area (Å²) < 4.78 is 26.1. The van der Waals surface area contributed by atoms with Gasteiger partial charge in [0.05, 0.1) is 4.99 Å².